The summed E-state index contributed by atoms with van der Waals surface area (Å²) in [6, 6.07) is 1.37. The van der Waals surface area contributed by atoms with E-state index in [9.17, 15) is 4.79 Å². The van der Waals surface area contributed by atoms with Crippen LogP contribution in [0.15, 0.2) is 6.07 Å². The second kappa shape index (κ2) is 4.80. The Kier molecular flexibility index (Phi) is 4.07. The van der Waals surface area contributed by atoms with Crippen LogP contribution in [0.2, 0.25) is 0 Å². The van der Waals surface area contributed by atoms with Gasteiger partial charge in [0.2, 0.25) is 5.69 Å². The molecule has 0 fully saturated rings. The zero-order chi connectivity index (χ0) is 11.3. The summed E-state index contributed by atoms with van der Waals surface area (Å²) in [6.45, 7) is 3.68. The Bertz CT molecular complexity index is 342. The maximum absolute atomic E-state index is 10.6. The molecule has 1 aromatic rings. The van der Waals surface area contributed by atoms with Gasteiger partial charge in [0.05, 0.1) is 10.8 Å². The van der Waals surface area contributed by atoms with Crippen LogP contribution in [0, 0.1) is 29.2 Å². The second-order valence-electron chi connectivity index (χ2n) is 2.48. The number of rotatable bonds is 0. The number of carbonyl (C=O) groups is 1. The van der Waals surface area contributed by atoms with Crippen molar-refractivity contribution in [1.29, 1.82) is 0 Å². The van der Waals surface area contributed by atoms with E-state index in [1.165, 1.54) is 4.68 Å². The normalized spacial score (nSPS) is 8.71. The van der Waals surface area contributed by atoms with E-state index in [1.54, 1.807) is 0 Å². The molecule has 0 aliphatic rings. The number of primary amides is 1. The number of carbonyl (C=O) groups excluding carboxylic acids is 1. The molecule has 0 unspecified atom stereocenters. The lowest BCUT2D eigenvalue weighted by Crippen LogP contribution is -2.32. The molecule has 8 heteroatoms. The third-order valence-corrected chi connectivity index (χ3v) is 1.29. The summed E-state index contributed by atoms with van der Waals surface area (Å²) in [6.07, 6.45) is 0. The fraction of sp³-hybridized carbons (Fsp3) is 0.333. The molecule has 14 heavy (non-hydrogen) atoms. The SMILES string of the molecule is Cc1cc(C)n(C(N)=O)[nH+]1.O=[N+]([O-])[O-]. The van der Waals surface area contributed by atoms with Gasteiger partial charge in [0.1, 0.15) is 0 Å². The number of aromatic nitrogens is 2. The van der Waals surface area contributed by atoms with Gasteiger partial charge in [-0.05, 0) is 6.92 Å². The first kappa shape index (κ1) is 11.9. The summed E-state index contributed by atoms with van der Waals surface area (Å²) in [4.78, 5) is 18.8. The second-order valence-corrected chi connectivity index (χ2v) is 2.48. The van der Waals surface area contributed by atoms with Crippen LogP contribution < -0.4 is 10.8 Å². The zero-order valence-corrected chi connectivity index (χ0v) is 7.68. The van der Waals surface area contributed by atoms with Crippen molar-refractivity contribution in [1.82, 2.24) is 4.68 Å². The van der Waals surface area contributed by atoms with Gasteiger partial charge in [-0.1, -0.05) is 4.68 Å². The highest BCUT2D eigenvalue weighted by molar-refractivity contribution is 5.73. The number of nitrogens with zero attached hydrogens (tertiary/aromatic N) is 2. The summed E-state index contributed by atoms with van der Waals surface area (Å²) in [7, 11) is 0. The van der Waals surface area contributed by atoms with Crippen LogP contribution >= 0.6 is 0 Å². The highest BCUT2D eigenvalue weighted by Crippen LogP contribution is 1.94. The molecule has 0 atom stereocenters. The maximum Gasteiger partial charge on any atom is 0.372 e. The van der Waals surface area contributed by atoms with Crippen LogP contribution in [0.1, 0.15) is 11.4 Å². The molecule has 0 aliphatic heterocycles. The first-order chi connectivity index (χ1) is 6.34. The summed E-state index contributed by atoms with van der Waals surface area (Å²) in [5.41, 5.74) is 6.77. The molecule has 1 rings (SSSR count). The van der Waals surface area contributed by atoms with E-state index < -0.39 is 11.1 Å². The van der Waals surface area contributed by atoms with Crippen LogP contribution in [0.3, 0.4) is 0 Å². The Labute approximate surface area is 79.0 Å². The molecule has 0 aromatic carbocycles. The van der Waals surface area contributed by atoms with Crippen LogP contribution in [0.25, 0.3) is 0 Å². The number of nitrogens with one attached hydrogen (secondary N) is 1. The third kappa shape index (κ3) is 4.04. The van der Waals surface area contributed by atoms with Gasteiger partial charge in [-0.25, -0.2) is 4.79 Å². The molecule has 3 N–H and O–H groups in total. The molecule has 78 valence electrons. The van der Waals surface area contributed by atoms with Crippen LogP contribution in [0.5, 0.6) is 0 Å². The van der Waals surface area contributed by atoms with E-state index in [0.29, 0.717) is 0 Å². The number of aromatic amines is 1. The Morgan fingerprint density at radius 1 is 1.57 bits per heavy atom. The number of H-pyrrole nitrogens is 1. The first-order valence-corrected chi connectivity index (χ1v) is 3.54. The average molecular weight is 202 g/mol. The van der Waals surface area contributed by atoms with Crippen molar-refractivity contribution in [3.05, 3.63) is 32.8 Å². The average Bonchev–Trinajstić information content (AvgIpc) is 2.28. The van der Waals surface area contributed by atoms with Gasteiger partial charge < -0.3 is 21.1 Å². The number of nitrogens with two attached hydrogens (primary N) is 1. The summed E-state index contributed by atoms with van der Waals surface area (Å²) >= 11 is 0. The van der Waals surface area contributed by atoms with Gasteiger partial charge in [0.25, 0.3) is 0 Å². The van der Waals surface area contributed by atoms with Crippen molar-refractivity contribution < 1.29 is 15.0 Å². The van der Waals surface area contributed by atoms with E-state index in [0.717, 1.165) is 11.4 Å². The highest BCUT2D eigenvalue weighted by atomic mass is 16.9. The summed E-state index contributed by atoms with van der Waals surface area (Å²) < 4.78 is 1.30. The molecular formula is C6H10N4O4. The maximum atomic E-state index is 10.6. The lowest BCUT2D eigenvalue weighted by atomic mass is 10.4. The summed E-state index contributed by atoms with van der Waals surface area (Å²) in [5, 5.41) is 17.5. The molecule has 0 spiro atoms. The molecule has 1 heterocycles. The predicted molar refractivity (Wildman–Crippen MR) is 45.8 cm³/mol. The van der Waals surface area contributed by atoms with E-state index >= 15 is 0 Å². The number of aryl methyl sites for hydroxylation is 2. The lowest BCUT2D eigenvalue weighted by molar-refractivity contribution is -0.479. The van der Waals surface area contributed by atoms with E-state index in [2.05, 4.69) is 5.10 Å². The first-order valence-electron chi connectivity index (χ1n) is 3.54. The van der Waals surface area contributed by atoms with Gasteiger partial charge in [0.15, 0.2) is 0 Å². The largest absolute Gasteiger partial charge is 0.372 e. The molecule has 0 bridgehead atoms. The van der Waals surface area contributed by atoms with E-state index in [4.69, 9.17) is 21.1 Å². The molecule has 0 saturated carbocycles. The van der Waals surface area contributed by atoms with Crippen molar-refractivity contribution in [3.63, 3.8) is 0 Å². The van der Waals surface area contributed by atoms with Crippen molar-refractivity contribution >= 4 is 6.03 Å². The van der Waals surface area contributed by atoms with Crippen molar-refractivity contribution in [2.24, 2.45) is 5.73 Å². The minimum Gasteiger partial charge on any atom is -0.356 e. The van der Waals surface area contributed by atoms with Gasteiger partial charge in [-0.15, -0.1) is 5.10 Å². The van der Waals surface area contributed by atoms with Crippen molar-refractivity contribution in [2.75, 3.05) is 0 Å². The van der Waals surface area contributed by atoms with Crippen LogP contribution in [0.4, 0.5) is 4.79 Å². The van der Waals surface area contributed by atoms with Gasteiger partial charge in [-0.3, -0.25) is 0 Å². The van der Waals surface area contributed by atoms with Crippen LogP contribution in [-0.2, 0) is 0 Å². The van der Waals surface area contributed by atoms with E-state index in [1.807, 2.05) is 19.9 Å². The van der Waals surface area contributed by atoms with Crippen molar-refractivity contribution in [2.45, 2.75) is 13.8 Å². The third-order valence-electron chi connectivity index (χ3n) is 1.29. The van der Waals surface area contributed by atoms with Gasteiger partial charge in [0, 0.05) is 13.0 Å². The number of hydrogen-bond acceptors (Lipinski definition) is 4. The fourth-order valence-corrected chi connectivity index (χ4v) is 0.904. The molecule has 0 radical (unpaired) electrons. The molecule has 1 aromatic heterocycles. The van der Waals surface area contributed by atoms with E-state index in [-0.39, 0.29) is 0 Å². The van der Waals surface area contributed by atoms with Crippen LogP contribution in [-0.4, -0.2) is 15.8 Å². The van der Waals surface area contributed by atoms with Gasteiger partial charge in [-0.2, -0.15) is 0 Å². The smallest absolute Gasteiger partial charge is 0.356 e. The minimum absolute atomic E-state index is 0.481. The minimum atomic E-state index is -1.75. The zero-order valence-electron chi connectivity index (χ0n) is 7.68. The molecule has 1 amide bonds. The topological polar surface area (TPSA) is 128 Å². The fourth-order valence-electron chi connectivity index (χ4n) is 0.904. The number of hydrogen-bond donors (Lipinski definition) is 1. The Morgan fingerprint density at radius 3 is 2.14 bits per heavy atom. The lowest BCUT2D eigenvalue weighted by Gasteiger charge is -1.87. The summed E-state index contributed by atoms with van der Waals surface area (Å²) in [5.74, 6) is 0. The Morgan fingerprint density at radius 2 is 2.00 bits per heavy atom. The molecule has 8 nitrogen and oxygen atoms in total. The van der Waals surface area contributed by atoms with Crippen molar-refractivity contribution in [3.8, 4) is 0 Å². The Balaban J connectivity index is 0.000000364. The quantitative estimate of drug-likeness (QED) is 0.453. The molecular weight excluding hydrogens is 192 g/mol. The molecule has 0 saturated heterocycles. The Hall–Kier alpha value is -2.12. The monoisotopic (exact) mass is 202 g/mol. The highest BCUT2D eigenvalue weighted by Gasteiger charge is 2.10. The molecule has 0 aliphatic carbocycles. The predicted octanol–water partition coefficient (Wildman–Crippen LogP) is -0.393. The number of amides is 1. The van der Waals surface area contributed by atoms with Gasteiger partial charge >= 0.3 is 6.03 Å². The standard InChI is InChI=1S/C6H9N3O.NO3/c1-4-3-5(2)9(8-4)6(7)10;2-1(3)4/h3H,1-2H3,(H2,7,10);/q;-1/p+1.